The van der Waals surface area contributed by atoms with Crippen LogP contribution < -0.4 is 16.0 Å². The Morgan fingerprint density at radius 1 is 1.26 bits per heavy atom. The van der Waals surface area contributed by atoms with Crippen molar-refractivity contribution in [2.45, 2.75) is 26.8 Å². The number of nitrogens with one attached hydrogen (secondary N) is 3. The molecule has 0 atom stereocenters. The second kappa shape index (κ2) is 13.1. The Morgan fingerprint density at radius 2 is 2.04 bits per heavy atom. The topological polar surface area (TPSA) is 78.4 Å². The summed E-state index contributed by atoms with van der Waals surface area (Å²) < 4.78 is 0.897. The normalized spacial score (nSPS) is 10.9. The van der Waals surface area contributed by atoms with Gasteiger partial charge in [0.25, 0.3) is 5.91 Å². The van der Waals surface area contributed by atoms with Crippen LogP contribution in [0.1, 0.15) is 33.6 Å². The van der Waals surface area contributed by atoms with E-state index in [4.69, 9.17) is 0 Å². The number of thiazole rings is 1. The van der Waals surface area contributed by atoms with Gasteiger partial charge in [-0.25, -0.2) is 9.98 Å². The predicted octanol–water partition coefficient (Wildman–Crippen LogP) is 3.71. The fourth-order valence-corrected chi connectivity index (χ4v) is 3.30. The SMILES string of the molecule is CCNC(=NCc1ncc(C)s1)NCCCNC(=O)c1cccc(Br)c1.I. The van der Waals surface area contributed by atoms with Crippen molar-refractivity contribution in [3.8, 4) is 0 Å². The van der Waals surface area contributed by atoms with Crippen molar-refractivity contribution in [2.75, 3.05) is 19.6 Å². The van der Waals surface area contributed by atoms with Crippen molar-refractivity contribution in [3.63, 3.8) is 0 Å². The van der Waals surface area contributed by atoms with Gasteiger partial charge in [-0.15, -0.1) is 35.3 Å². The highest BCUT2D eigenvalue weighted by atomic mass is 127. The number of carbonyl (C=O) groups is 1. The van der Waals surface area contributed by atoms with Gasteiger partial charge in [0.05, 0.1) is 6.54 Å². The van der Waals surface area contributed by atoms with Gasteiger partial charge in [-0.05, 0) is 38.5 Å². The fraction of sp³-hybridized carbons (Fsp3) is 0.389. The smallest absolute Gasteiger partial charge is 0.251 e. The van der Waals surface area contributed by atoms with Gasteiger partial charge in [0.2, 0.25) is 0 Å². The van der Waals surface area contributed by atoms with E-state index in [1.54, 1.807) is 17.4 Å². The lowest BCUT2D eigenvalue weighted by Crippen LogP contribution is -2.38. The van der Waals surface area contributed by atoms with Crippen LogP contribution in [0.4, 0.5) is 0 Å². The molecule has 2 aromatic rings. The van der Waals surface area contributed by atoms with Gasteiger partial charge in [0.1, 0.15) is 5.01 Å². The number of benzene rings is 1. The molecule has 0 aliphatic rings. The number of aromatic nitrogens is 1. The van der Waals surface area contributed by atoms with E-state index in [0.717, 1.165) is 35.0 Å². The third kappa shape index (κ3) is 9.02. The second-order valence-corrected chi connectivity index (χ2v) is 7.84. The van der Waals surface area contributed by atoms with Gasteiger partial charge in [0, 0.05) is 40.7 Å². The summed E-state index contributed by atoms with van der Waals surface area (Å²) in [4.78, 5) is 22.1. The van der Waals surface area contributed by atoms with Crippen molar-refractivity contribution < 1.29 is 4.79 Å². The predicted molar refractivity (Wildman–Crippen MR) is 126 cm³/mol. The lowest BCUT2D eigenvalue weighted by Gasteiger charge is -2.11. The highest BCUT2D eigenvalue weighted by Crippen LogP contribution is 2.12. The summed E-state index contributed by atoms with van der Waals surface area (Å²) in [5.41, 5.74) is 0.654. The molecule has 1 heterocycles. The molecule has 0 spiro atoms. The Labute approximate surface area is 189 Å². The molecule has 6 nitrogen and oxygen atoms in total. The number of halogens is 2. The van der Waals surface area contributed by atoms with E-state index in [-0.39, 0.29) is 29.9 Å². The maximum atomic E-state index is 12.1. The maximum absolute atomic E-state index is 12.1. The Morgan fingerprint density at radius 3 is 2.70 bits per heavy atom. The summed E-state index contributed by atoms with van der Waals surface area (Å²) in [5.74, 6) is 0.699. The third-order valence-corrected chi connectivity index (χ3v) is 4.79. The molecular formula is C18H25BrIN5OS. The number of rotatable bonds is 8. The van der Waals surface area contributed by atoms with E-state index in [0.29, 0.717) is 18.7 Å². The van der Waals surface area contributed by atoms with Crippen LogP contribution in [0.15, 0.2) is 39.9 Å². The van der Waals surface area contributed by atoms with Crippen LogP contribution in [0, 0.1) is 6.92 Å². The minimum atomic E-state index is -0.0639. The molecule has 27 heavy (non-hydrogen) atoms. The van der Waals surface area contributed by atoms with Gasteiger partial charge >= 0.3 is 0 Å². The van der Waals surface area contributed by atoms with Crippen LogP contribution >= 0.6 is 51.2 Å². The fourth-order valence-electron chi connectivity index (χ4n) is 2.19. The molecule has 2 rings (SSSR count). The molecular weight excluding hydrogens is 541 g/mol. The monoisotopic (exact) mass is 565 g/mol. The van der Waals surface area contributed by atoms with Crippen LogP contribution in [0.2, 0.25) is 0 Å². The molecule has 1 amide bonds. The van der Waals surface area contributed by atoms with Gasteiger partial charge in [-0.2, -0.15) is 0 Å². The average molecular weight is 566 g/mol. The number of hydrogen-bond acceptors (Lipinski definition) is 4. The van der Waals surface area contributed by atoms with E-state index in [1.165, 1.54) is 4.88 Å². The number of aliphatic imine (C=N–C) groups is 1. The summed E-state index contributed by atoms with van der Waals surface area (Å²) in [5, 5.41) is 10.4. The lowest BCUT2D eigenvalue weighted by atomic mass is 10.2. The summed E-state index contributed by atoms with van der Waals surface area (Å²) in [6, 6.07) is 7.36. The van der Waals surface area contributed by atoms with Gasteiger partial charge in [-0.3, -0.25) is 4.79 Å². The van der Waals surface area contributed by atoms with Crippen LogP contribution in [0.25, 0.3) is 0 Å². The highest BCUT2D eigenvalue weighted by molar-refractivity contribution is 14.0. The van der Waals surface area contributed by atoms with E-state index < -0.39 is 0 Å². The first kappa shape index (κ1) is 23.8. The molecule has 0 aliphatic carbocycles. The zero-order valence-corrected chi connectivity index (χ0v) is 20.2. The number of carbonyl (C=O) groups excluding carboxylic acids is 1. The van der Waals surface area contributed by atoms with Gasteiger partial charge in [0.15, 0.2) is 5.96 Å². The molecule has 0 saturated heterocycles. The first-order valence-corrected chi connectivity index (χ1v) is 10.2. The van der Waals surface area contributed by atoms with Crippen molar-refractivity contribution in [1.82, 2.24) is 20.9 Å². The molecule has 0 saturated carbocycles. The average Bonchev–Trinajstić information content (AvgIpc) is 3.04. The Kier molecular flexibility index (Phi) is 11.5. The Hall–Kier alpha value is -1.20. The lowest BCUT2D eigenvalue weighted by molar-refractivity contribution is 0.0953. The molecule has 0 unspecified atom stereocenters. The van der Waals surface area contributed by atoms with E-state index in [2.05, 4.69) is 41.9 Å². The van der Waals surface area contributed by atoms with Gasteiger partial charge in [-0.1, -0.05) is 22.0 Å². The molecule has 148 valence electrons. The van der Waals surface area contributed by atoms with Crippen LogP contribution in [-0.2, 0) is 6.54 Å². The third-order valence-electron chi connectivity index (χ3n) is 3.40. The minimum absolute atomic E-state index is 0. The van der Waals surface area contributed by atoms with E-state index in [9.17, 15) is 4.79 Å². The number of aryl methyl sites for hydroxylation is 1. The molecule has 1 aromatic carbocycles. The zero-order chi connectivity index (χ0) is 18.8. The molecule has 9 heteroatoms. The van der Waals surface area contributed by atoms with Crippen LogP contribution in [0.3, 0.4) is 0 Å². The standard InChI is InChI=1S/C18H24BrN5OS.HI/c1-3-20-18(24-12-16-23-11-13(2)26-16)22-9-5-8-21-17(25)14-6-4-7-15(19)10-14;/h4,6-7,10-11H,3,5,8-9,12H2,1-2H3,(H,21,25)(H2,20,22,24);1H. The highest BCUT2D eigenvalue weighted by Gasteiger charge is 2.05. The molecule has 0 aliphatic heterocycles. The van der Waals surface area contributed by atoms with Crippen molar-refractivity contribution in [3.05, 3.63) is 50.4 Å². The first-order chi connectivity index (χ1) is 12.6. The summed E-state index contributed by atoms with van der Waals surface area (Å²) in [6.07, 6.45) is 2.67. The summed E-state index contributed by atoms with van der Waals surface area (Å²) in [6.45, 7) is 6.75. The summed E-state index contributed by atoms with van der Waals surface area (Å²) >= 11 is 5.03. The Balaban J connectivity index is 0.00000364. The number of nitrogens with zero attached hydrogens (tertiary/aromatic N) is 2. The zero-order valence-electron chi connectivity index (χ0n) is 15.4. The van der Waals surface area contributed by atoms with Crippen LogP contribution in [-0.4, -0.2) is 36.5 Å². The molecule has 0 radical (unpaired) electrons. The maximum Gasteiger partial charge on any atom is 0.251 e. The molecule has 1 aromatic heterocycles. The Bertz CT molecular complexity index is 753. The molecule has 0 bridgehead atoms. The van der Waals surface area contributed by atoms with Crippen LogP contribution in [0.5, 0.6) is 0 Å². The van der Waals surface area contributed by atoms with Gasteiger partial charge < -0.3 is 16.0 Å². The second-order valence-electron chi connectivity index (χ2n) is 5.61. The largest absolute Gasteiger partial charge is 0.357 e. The number of amides is 1. The molecule has 3 N–H and O–H groups in total. The van der Waals surface area contributed by atoms with E-state index >= 15 is 0 Å². The molecule has 0 fully saturated rings. The number of guanidine groups is 1. The number of hydrogen-bond donors (Lipinski definition) is 3. The quantitative estimate of drug-likeness (QED) is 0.197. The summed E-state index contributed by atoms with van der Waals surface area (Å²) in [7, 11) is 0. The van der Waals surface area contributed by atoms with Crippen molar-refractivity contribution >= 4 is 63.1 Å². The van der Waals surface area contributed by atoms with Crippen molar-refractivity contribution in [1.29, 1.82) is 0 Å². The van der Waals surface area contributed by atoms with Crippen molar-refractivity contribution in [2.24, 2.45) is 4.99 Å². The first-order valence-electron chi connectivity index (χ1n) is 8.55. The van der Waals surface area contributed by atoms with E-state index in [1.807, 2.05) is 38.2 Å². The minimum Gasteiger partial charge on any atom is -0.357 e.